The molecule has 1 atom stereocenters. The topological polar surface area (TPSA) is 110 Å². The van der Waals surface area contributed by atoms with E-state index in [0.717, 1.165) is 24.8 Å². The van der Waals surface area contributed by atoms with Crippen molar-refractivity contribution in [3.8, 4) is 0 Å². The lowest BCUT2D eigenvalue weighted by molar-refractivity contribution is -0.136. The zero-order valence-corrected chi connectivity index (χ0v) is 18.4. The van der Waals surface area contributed by atoms with Crippen molar-refractivity contribution in [1.29, 1.82) is 0 Å². The Morgan fingerprint density at radius 1 is 1.26 bits per heavy atom. The molecule has 1 fully saturated rings. The first-order valence-electron chi connectivity index (χ1n) is 11.0. The molecule has 2 aromatic rings. The number of hydrogen-bond acceptors (Lipinski definition) is 5. The number of benzene rings is 1. The molecule has 0 spiro atoms. The van der Waals surface area contributed by atoms with E-state index >= 15 is 0 Å². The Morgan fingerprint density at radius 2 is 2.00 bits per heavy atom. The molecule has 2 N–H and O–H groups in total. The molecule has 1 aromatic carbocycles. The van der Waals surface area contributed by atoms with Gasteiger partial charge in [0.1, 0.15) is 11.9 Å². The summed E-state index contributed by atoms with van der Waals surface area (Å²) < 4.78 is 1.39. The number of imide groups is 1. The van der Waals surface area contributed by atoms with Crippen LogP contribution < -0.4 is 16.2 Å². The lowest BCUT2D eigenvalue weighted by atomic mass is 10.0. The molecule has 31 heavy (non-hydrogen) atoms. The molecule has 1 saturated heterocycles. The molecule has 0 radical (unpaired) electrons. The van der Waals surface area contributed by atoms with E-state index in [1.165, 1.54) is 4.57 Å². The number of hydrogen-bond donors (Lipinski definition) is 2. The number of nitrogens with zero attached hydrogens (tertiary/aromatic N) is 2. The third kappa shape index (κ3) is 5.00. The van der Waals surface area contributed by atoms with Crippen LogP contribution in [-0.2, 0) is 20.8 Å². The highest BCUT2D eigenvalue weighted by atomic mass is 16.2. The molecule has 0 bridgehead atoms. The fourth-order valence-electron chi connectivity index (χ4n) is 4.12. The van der Waals surface area contributed by atoms with Crippen LogP contribution in [0.15, 0.2) is 23.0 Å². The van der Waals surface area contributed by atoms with E-state index in [1.54, 1.807) is 6.92 Å². The number of amides is 3. The van der Waals surface area contributed by atoms with Crippen molar-refractivity contribution >= 4 is 28.6 Å². The second-order valence-electron chi connectivity index (χ2n) is 8.06. The standard InChI is InChI=1S/C23H30N4O4/c1-4-16(5-2)21(29)24-12-6-7-15-8-9-18-17(13-15)23(31)27(14(3)25-18)19-10-11-20(28)26-22(19)30/h8-9,13,16,19H,4-7,10-12H2,1-3H3,(H,24,29)(H,26,28,30). The van der Waals surface area contributed by atoms with Crippen LogP contribution >= 0.6 is 0 Å². The molecule has 0 saturated carbocycles. The normalized spacial score (nSPS) is 16.6. The lowest BCUT2D eigenvalue weighted by Gasteiger charge is -2.24. The van der Waals surface area contributed by atoms with Gasteiger partial charge in [0.05, 0.1) is 10.9 Å². The van der Waals surface area contributed by atoms with Crippen LogP contribution in [0.3, 0.4) is 0 Å². The number of nitrogens with one attached hydrogen (secondary N) is 2. The van der Waals surface area contributed by atoms with Gasteiger partial charge in [-0.2, -0.15) is 0 Å². The number of piperidine rings is 1. The van der Waals surface area contributed by atoms with Crippen LogP contribution in [0.5, 0.6) is 0 Å². The first-order chi connectivity index (χ1) is 14.8. The van der Waals surface area contributed by atoms with Gasteiger partial charge in [-0.3, -0.25) is 29.1 Å². The molecule has 3 rings (SSSR count). The van der Waals surface area contributed by atoms with Crippen LogP contribution in [0.25, 0.3) is 10.9 Å². The van der Waals surface area contributed by atoms with Crippen molar-refractivity contribution in [1.82, 2.24) is 20.2 Å². The second-order valence-corrected chi connectivity index (χ2v) is 8.06. The summed E-state index contributed by atoms with van der Waals surface area (Å²) in [6, 6.07) is 4.84. The third-order valence-electron chi connectivity index (χ3n) is 5.96. The monoisotopic (exact) mass is 426 g/mol. The van der Waals surface area contributed by atoms with Gasteiger partial charge in [0, 0.05) is 18.9 Å². The van der Waals surface area contributed by atoms with E-state index in [-0.39, 0.29) is 36.1 Å². The maximum absolute atomic E-state index is 13.2. The molecule has 3 amide bonds. The summed E-state index contributed by atoms with van der Waals surface area (Å²) in [5.41, 5.74) is 1.28. The van der Waals surface area contributed by atoms with Gasteiger partial charge in [0.15, 0.2) is 0 Å². The minimum atomic E-state index is -0.731. The summed E-state index contributed by atoms with van der Waals surface area (Å²) >= 11 is 0. The van der Waals surface area contributed by atoms with Gasteiger partial charge in [-0.25, -0.2) is 4.98 Å². The molecular formula is C23H30N4O4. The third-order valence-corrected chi connectivity index (χ3v) is 5.96. The number of rotatable bonds is 8. The van der Waals surface area contributed by atoms with Crippen molar-refractivity contribution in [2.75, 3.05) is 6.54 Å². The van der Waals surface area contributed by atoms with Crippen LogP contribution in [0.4, 0.5) is 0 Å². The Labute approximate surface area is 181 Å². The van der Waals surface area contributed by atoms with Gasteiger partial charge < -0.3 is 5.32 Å². The van der Waals surface area contributed by atoms with Crippen molar-refractivity contribution in [3.05, 3.63) is 39.9 Å². The van der Waals surface area contributed by atoms with Crippen molar-refractivity contribution in [2.45, 2.75) is 65.3 Å². The quantitative estimate of drug-likeness (QED) is 0.497. The summed E-state index contributed by atoms with van der Waals surface area (Å²) in [5, 5.41) is 5.74. The highest BCUT2D eigenvalue weighted by molar-refractivity contribution is 5.99. The van der Waals surface area contributed by atoms with Crippen LogP contribution in [0.1, 0.15) is 63.4 Å². The van der Waals surface area contributed by atoms with E-state index in [9.17, 15) is 19.2 Å². The Bertz CT molecular complexity index is 1060. The number of aromatic nitrogens is 2. The summed E-state index contributed by atoms with van der Waals surface area (Å²) in [5.74, 6) is -0.189. The fraction of sp³-hybridized carbons (Fsp3) is 0.522. The molecule has 166 valence electrons. The van der Waals surface area contributed by atoms with Gasteiger partial charge in [-0.05, 0) is 56.7 Å². The first kappa shape index (κ1) is 22.7. The summed E-state index contributed by atoms with van der Waals surface area (Å²) in [6.45, 7) is 6.31. The number of carbonyl (C=O) groups is 3. The first-order valence-corrected chi connectivity index (χ1v) is 11.0. The molecule has 0 aliphatic carbocycles. The zero-order valence-electron chi connectivity index (χ0n) is 18.4. The average Bonchev–Trinajstić information content (AvgIpc) is 2.74. The van der Waals surface area contributed by atoms with Crippen molar-refractivity contribution in [2.24, 2.45) is 5.92 Å². The van der Waals surface area contributed by atoms with E-state index in [4.69, 9.17) is 0 Å². The Morgan fingerprint density at radius 3 is 2.68 bits per heavy atom. The van der Waals surface area contributed by atoms with E-state index in [2.05, 4.69) is 15.6 Å². The summed E-state index contributed by atoms with van der Waals surface area (Å²) in [4.78, 5) is 53.5. The lowest BCUT2D eigenvalue weighted by Crippen LogP contribution is -2.45. The molecule has 8 nitrogen and oxygen atoms in total. The van der Waals surface area contributed by atoms with Crippen molar-refractivity contribution in [3.63, 3.8) is 0 Å². The average molecular weight is 427 g/mol. The Balaban J connectivity index is 1.76. The smallest absolute Gasteiger partial charge is 0.262 e. The zero-order chi connectivity index (χ0) is 22.5. The van der Waals surface area contributed by atoms with Crippen LogP contribution in [0, 0.1) is 12.8 Å². The van der Waals surface area contributed by atoms with Gasteiger partial charge in [-0.15, -0.1) is 0 Å². The molecule has 1 aliphatic rings. The highest BCUT2D eigenvalue weighted by Crippen LogP contribution is 2.20. The molecule has 1 aromatic heterocycles. The molecule has 8 heteroatoms. The SMILES string of the molecule is CCC(CC)C(=O)NCCCc1ccc2nc(C)n(C3CCC(=O)NC3=O)c(=O)c2c1. The number of aryl methyl sites for hydroxylation is 2. The van der Waals surface area contributed by atoms with E-state index in [1.807, 2.05) is 32.0 Å². The minimum Gasteiger partial charge on any atom is -0.356 e. The largest absolute Gasteiger partial charge is 0.356 e. The van der Waals surface area contributed by atoms with Crippen LogP contribution in [-0.4, -0.2) is 33.8 Å². The minimum absolute atomic E-state index is 0.0562. The maximum atomic E-state index is 13.2. The van der Waals surface area contributed by atoms with Crippen LogP contribution in [0.2, 0.25) is 0 Å². The van der Waals surface area contributed by atoms with Gasteiger partial charge >= 0.3 is 0 Å². The highest BCUT2D eigenvalue weighted by Gasteiger charge is 2.30. The Kier molecular flexibility index (Phi) is 7.20. The molecule has 2 heterocycles. The van der Waals surface area contributed by atoms with Gasteiger partial charge in [0.25, 0.3) is 5.56 Å². The molecule has 1 aliphatic heterocycles. The summed E-state index contributed by atoms with van der Waals surface area (Å²) in [6.07, 6.45) is 3.62. The Hall–Kier alpha value is -3.03. The molecule has 1 unspecified atom stereocenters. The molecular weight excluding hydrogens is 396 g/mol. The van der Waals surface area contributed by atoms with E-state index in [0.29, 0.717) is 29.7 Å². The predicted molar refractivity (Wildman–Crippen MR) is 118 cm³/mol. The van der Waals surface area contributed by atoms with E-state index < -0.39 is 11.9 Å². The number of carbonyl (C=O) groups excluding carboxylic acids is 3. The second kappa shape index (κ2) is 9.85. The van der Waals surface area contributed by atoms with Gasteiger partial charge in [0.2, 0.25) is 17.7 Å². The number of fused-ring (bicyclic) bond motifs is 1. The van der Waals surface area contributed by atoms with Crippen molar-refractivity contribution < 1.29 is 14.4 Å². The van der Waals surface area contributed by atoms with Gasteiger partial charge in [-0.1, -0.05) is 19.9 Å². The fourth-order valence-corrected chi connectivity index (χ4v) is 4.12. The maximum Gasteiger partial charge on any atom is 0.262 e. The summed E-state index contributed by atoms with van der Waals surface area (Å²) in [7, 11) is 0. The predicted octanol–water partition coefficient (Wildman–Crippen LogP) is 2.17.